The second kappa shape index (κ2) is 3.88. The third-order valence-electron chi connectivity index (χ3n) is 2.31. The van der Waals surface area contributed by atoms with Crippen LogP contribution in [0.5, 0.6) is 0 Å². The summed E-state index contributed by atoms with van der Waals surface area (Å²) in [5.74, 6) is 7.10. The highest BCUT2D eigenvalue weighted by molar-refractivity contribution is 5.32. The molecule has 0 bridgehead atoms. The van der Waals surface area contributed by atoms with Crippen molar-refractivity contribution in [2.75, 3.05) is 0 Å². The van der Waals surface area contributed by atoms with E-state index in [0.717, 1.165) is 11.5 Å². The number of hydrogen-bond acceptors (Lipinski definition) is 3. The maximum absolute atomic E-state index is 9.52. The quantitative estimate of drug-likeness (QED) is 0.728. The van der Waals surface area contributed by atoms with Crippen molar-refractivity contribution in [1.29, 1.82) is 0 Å². The van der Waals surface area contributed by atoms with Crippen LogP contribution in [0.3, 0.4) is 0 Å². The lowest BCUT2D eigenvalue weighted by Gasteiger charge is -2.06. The van der Waals surface area contributed by atoms with Crippen LogP contribution in [0.4, 0.5) is 0 Å². The van der Waals surface area contributed by atoms with E-state index in [0.29, 0.717) is 11.6 Å². The van der Waals surface area contributed by atoms with Crippen molar-refractivity contribution in [2.24, 2.45) is 0 Å². The molecule has 0 radical (unpaired) electrons. The molecule has 0 aromatic carbocycles. The summed E-state index contributed by atoms with van der Waals surface area (Å²) in [6, 6.07) is 1.85. The molecule has 1 saturated carbocycles. The molecule has 0 saturated heterocycles. The number of aliphatic hydroxyl groups is 1. The third-order valence-corrected chi connectivity index (χ3v) is 2.31. The Morgan fingerprint density at radius 3 is 2.62 bits per heavy atom. The fraction of sp³-hybridized carbons (Fsp3) is 0.538. The van der Waals surface area contributed by atoms with Gasteiger partial charge in [-0.3, -0.25) is 0 Å². The van der Waals surface area contributed by atoms with Crippen molar-refractivity contribution in [2.45, 2.75) is 45.1 Å². The van der Waals surface area contributed by atoms with Gasteiger partial charge in [-0.1, -0.05) is 5.92 Å². The van der Waals surface area contributed by atoms with Gasteiger partial charge in [0.2, 0.25) is 0 Å². The van der Waals surface area contributed by atoms with E-state index in [1.807, 2.05) is 13.0 Å². The summed E-state index contributed by atoms with van der Waals surface area (Å²) in [4.78, 5) is 8.80. The highest BCUT2D eigenvalue weighted by atomic mass is 16.3. The van der Waals surface area contributed by atoms with Crippen LogP contribution < -0.4 is 0 Å². The smallest absolute Gasteiger partial charge is 0.133 e. The van der Waals surface area contributed by atoms with Crippen molar-refractivity contribution in [3.63, 3.8) is 0 Å². The SMILES string of the molecule is Cc1cc(C#CC(C)(C)O)nc(C2CC2)n1. The summed E-state index contributed by atoms with van der Waals surface area (Å²) in [7, 11) is 0. The number of aromatic nitrogens is 2. The predicted octanol–water partition coefficient (Wildman–Crippen LogP) is 1.78. The van der Waals surface area contributed by atoms with E-state index in [9.17, 15) is 5.11 Å². The Labute approximate surface area is 95.9 Å². The van der Waals surface area contributed by atoms with E-state index < -0.39 is 5.60 Å². The molecule has 0 spiro atoms. The minimum atomic E-state index is -0.974. The van der Waals surface area contributed by atoms with Crippen molar-refractivity contribution in [3.8, 4) is 11.8 Å². The van der Waals surface area contributed by atoms with Crippen LogP contribution in [0.1, 0.15) is 49.8 Å². The van der Waals surface area contributed by atoms with Gasteiger partial charge in [0.15, 0.2) is 0 Å². The molecule has 1 aliphatic carbocycles. The van der Waals surface area contributed by atoms with Gasteiger partial charge < -0.3 is 5.11 Å². The Morgan fingerprint density at radius 2 is 2.06 bits per heavy atom. The normalized spacial score (nSPS) is 15.5. The first kappa shape index (κ1) is 11.1. The maximum Gasteiger partial charge on any atom is 0.133 e. The highest BCUT2D eigenvalue weighted by Gasteiger charge is 2.26. The van der Waals surface area contributed by atoms with Crippen LogP contribution in [0, 0.1) is 18.8 Å². The molecule has 1 aliphatic rings. The van der Waals surface area contributed by atoms with Crippen LogP contribution in [-0.4, -0.2) is 20.7 Å². The van der Waals surface area contributed by atoms with Crippen molar-refractivity contribution < 1.29 is 5.11 Å². The maximum atomic E-state index is 9.52. The van der Waals surface area contributed by atoms with Crippen molar-refractivity contribution in [1.82, 2.24) is 9.97 Å². The first-order valence-electron chi connectivity index (χ1n) is 5.55. The lowest BCUT2D eigenvalue weighted by molar-refractivity contribution is 0.143. The Morgan fingerprint density at radius 1 is 1.38 bits per heavy atom. The Hall–Kier alpha value is -1.40. The molecule has 16 heavy (non-hydrogen) atoms. The molecule has 0 aliphatic heterocycles. The van der Waals surface area contributed by atoms with E-state index in [1.165, 1.54) is 12.8 Å². The van der Waals surface area contributed by atoms with E-state index in [2.05, 4.69) is 21.8 Å². The summed E-state index contributed by atoms with van der Waals surface area (Å²) in [6.07, 6.45) is 2.36. The zero-order valence-corrected chi connectivity index (χ0v) is 9.91. The van der Waals surface area contributed by atoms with E-state index in [4.69, 9.17) is 0 Å². The molecule has 3 heteroatoms. The molecule has 0 amide bonds. The number of rotatable bonds is 1. The Kier molecular flexibility index (Phi) is 2.69. The average Bonchev–Trinajstić information content (AvgIpc) is 2.95. The number of nitrogens with zero attached hydrogens (tertiary/aromatic N) is 2. The molecule has 84 valence electrons. The summed E-state index contributed by atoms with van der Waals surface area (Å²) >= 11 is 0. The van der Waals surface area contributed by atoms with E-state index in [1.54, 1.807) is 13.8 Å². The lowest BCUT2D eigenvalue weighted by Crippen LogP contribution is -2.14. The standard InChI is InChI=1S/C13H16N2O/c1-9-8-11(6-7-13(2,3)16)15-12(14-9)10-4-5-10/h8,10,16H,4-5H2,1-3H3. The fourth-order valence-corrected chi connectivity index (χ4v) is 1.40. The summed E-state index contributed by atoms with van der Waals surface area (Å²) < 4.78 is 0. The van der Waals surface area contributed by atoms with E-state index in [-0.39, 0.29) is 0 Å². The molecule has 1 aromatic heterocycles. The largest absolute Gasteiger partial charge is 0.378 e. The minimum Gasteiger partial charge on any atom is -0.378 e. The highest BCUT2D eigenvalue weighted by Crippen LogP contribution is 2.37. The summed E-state index contributed by atoms with van der Waals surface area (Å²) in [5, 5.41) is 9.52. The molecule has 1 aromatic rings. The third kappa shape index (κ3) is 3.04. The molecular formula is C13H16N2O. The molecule has 3 nitrogen and oxygen atoms in total. The molecule has 0 unspecified atom stereocenters. The van der Waals surface area contributed by atoms with Crippen molar-refractivity contribution >= 4 is 0 Å². The molecule has 2 rings (SSSR count). The summed E-state index contributed by atoms with van der Waals surface area (Å²) in [6.45, 7) is 5.27. The van der Waals surface area contributed by atoms with Gasteiger partial charge in [-0.25, -0.2) is 9.97 Å². The average molecular weight is 216 g/mol. The van der Waals surface area contributed by atoms with Crippen LogP contribution in [-0.2, 0) is 0 Å². The van der Waals surface area contributed by atoms with Crippen molar-refractivity contribution in [3.05, 3.63) is 23.3 Å². The van der Waals surface area contributed by atoms with Gasteiger partial charge in [-0.2, -0.15) is 0 Å². The number of aryl methyl sites for hydroxylation is 1. The Balaban J connectivity index is 2.29. The molecular weight excluding hydrogens is 200 g/mol. The summed E-state index contributed by atoms with van der Waals surface area (Å²) in [5.41, 5.74) is 0.673. The van der Waals surface area contributed by atoms with Gasteiger partial charge in [0.05, 0.1) is 0 Å². The first-order valence-corrected chi connectivity index (χ1v) is 5.55. The second-order valence-electron chi connectivity index (χ2n) is 4.84. The lowest BCUT2D eigenvalue weighted by atomic mass is 10.1. The topological polar surface area (TPSA) is 46.0 Å². The van der Waals surface area contributed by atoms with Gasteiger partial charge in [-0.15, -0.1) is 0 Å². The van der Waals surface area contributed by atoms with E-state index >= 15 is 0 Å². The van der Waals surface area contributed by atoms with Gasteiger partial charge in [-0.05, 0) is 45.6 Å². The molecule has 0 atom stereocenters. The first-order chi connectivity index (χ1) is 7.44. The van der Waals surface area contributed by atoms with Gasteiger partial charge in [0.25, 0.3) is 0 Å². The molecule has 1 heterocycles. The van der Waals surface area contributed by atoms with Gasteiger partial charge >= 0.3 is 0 Å². The zero-order valence-electron chi connectivity index (χ0n) is 9.91. The second-order valence-corrected chi connectivity index (χ2v) is 4.84. The van der Waals surface area contributed by atoms with Crippen LogP contribution in [0.2, 0.25) is 0 Å². The number of hydrogen-bond donors (Lipinski definition) is 1. The van der Waals surface area contributed by atoms with Gasteiger partial charge in [0.1, 0.15) is 17.1 Å². The Bertz CT molecular complexity index is 459. The fourth-order valence-electron chi connectivity index (χ4n) is 1.40. The van der Waals surface area contributed by atoms with Gasteiger partial charge in [0, 0.05) is 11.6 Å². The van der Waals surface area contributed by atoms with Crippen LogP contribution in [0.25, 0.3) is 0 Å². The minimum absolute atomic E-state index is 0.530. The molecule has 1 N–H and O–H groups in total. The monoisotopic (exact) mass is 216 g/mol. The zero-order chi connectivity index (χ0) is 11.8. The molecule has 1 fully saturated rings. The van der Waals surface area contributed by atoms with Crippen LogP contribution in [0.15, 0.2) is 6.07 Å². The predicted molar refractivity (Wildman–Crippen MR) is 61.9 cm³/mol. The van der Waals surface area contributed by atoms with Crippen LogP contribution >= 0.6 is 0 Å².